The molecule has 0 aliphatic carbocycles. The number of carbonyl (C=O) groups excluding carboxylic acids is 1. The van der Waals surface area contributed by atoms with Crippen molar-refractivity contribution in [3.8, 4) is 0 Å². The first-order valence-electron chi connectivity index (χ1n) is 6.16. The number of nitrogens with one attached hydrogen (secondary N) is 2. The van der Waals surface area contributed by atoms with Gasteiger partial charge in [-0.3, -0.25) is 4.79 Å². The fourth-order valence-electron chi connectivity index (χ4n) is 2.22. The molecule has 2 atom stereocenters. The van der Waals surface area contributed by atoms with Crippen LogP contribution in [0.15, 0.2) is 12.1 Å². The van der Waals surface area contributed by atoms with Gasteiger partial charge in [0.25, 0.3) is 0 Å². The molecule has 0 unspecified atom stereocenters. The minimum Gasteiger partial charge on any atom is -0.323 e. The SMILES string of the molecule is C[C@H]1C[C@@H](C(=O)Nc2cc(F)c(F)cc2F)CCN1. The van der Waals surface area contributed by atoms with E-state index in [0.717, 1.165) is 0 Å². The van der Waals surface area contributed by atoms with Crippen molar-refractivity contribution in [1.29, 1.82) is 0 Å². The van der Waals surface area contributed by atoms with E-state index in [-0.39, 0.29) is 23.6 Å². The summed E-state index contributed by atoms with van der Waals surface area (Å²) in [5, 5.41) is 5.52. The van der Waals surface area contributed by atoms with Crippen LogP contribution in [0.1, 0.15) is 19.8 Å². The number of hydrogen-bond acceptors (Lipinski definition) is 2. The molecule has 2 N–H and O–H groups in total. The number of halogens is 3. The molecule has 1 amide bonds. The van der Waals surface area contributed by atoms with Gasteiger partial charge in [0.2, 0.25) is 5.91 Å². The van der Waals surface area contributed by atoms with E-state index in [4.69, 9.17) is 0 Å². The molecule has 1 saturated heterocycles. The molecule has 0 spiro atoms. The van der Waals surface area contributed by atoms with Crippen LogP contribution in [0.5, 0.6) is 0 Å². The zero-order valence-electron chi connectivity index (χ0n) is 10.5. The molecule has 0 aromatic heterocycles. The predicted molar refractivity (Wildman–Crippen MR) is 65.1 cm³/mol. The van der Waals surface area contributed by atoms with Crippen molar-refractivity contribution < 1.29 is 18.0 Å². The quantitative estimate of drug-likeness (QED) is 0.812. The zero-order chi connectivity index (χ0) is 14.0. The lowest BCUT2D eigenvalue weighted by Crippen LogP contribution is -2.40. The number of amides is 1. The molecule has 19 heavy (non-hydrogen) atoms. The van der Waals surface area contributed by atoms with Crippen molar-refractivity contribution in [3.63, 3.8) is 0 Å². The molecule has 3 nitrogen and oxygen atoms in total. The Morgan fingerprint density at radius 2 is 1.95 bits per heavy atom. The molecule has 1 aromatic carbocycles. The Balaban J connectivity index is 2.08. The number of benzene rings is 1. The highest BCUT2D eigenvalue weighted by Crippen LogP contribution is 2.22. The molecule has 2 rings (SSSR count). The molecule has 1 heterocycles. The lowest BCUT2D eigenvalue weighted by Gasteiger charge is -2.27. The van der Waals surface area contributed by atoms with Gasteiger partial charge in [0.1, 0.15) is 5.82 Å². The molecular weight excluding hydrogens is 257 g/mol. The van der Waals surface area contributed by atoms with Crippen LogP contribution in [0.3, 0.4) is 0 Å². The molecule has 1 fully saturated rings. The first kappa shape index (κ1) is 13.9. The van der Waals surface area contributed by atoms with Gasteiger partial charge in [-0.15, -0.1) is 0 Å². The summed E-state index contributed by atoms with van der Waals surface area (Å²) in [5.41, 5.74) is -0.324. The molecule has 0 bridgehead atoms. The summed E-state index contributed by atoms with van der Waals surface area (Å²) in [6.07, 6.45) is 1.28. The Hall–Kier alpha value is -1.56. The summed E-state index contributed by atoms with van der Waals surface area (Å²) in [6.45, 7) is 2.66. The minimum absolute atomic E-state index is 0.208. The van der Waals surface area contributed by atoms with Crippen molar-refractivity contribution in [2.24, 2.45) is 5.92 Å². The van der Waals surface area contributed by atoms with E-state index in [0.29, 0.717) is 31.5 Å². The minimum atomic E-state index is -1.27. The van der Waals surface area contributed by atoms with E-state index in [2.05, 4.69) is 10.6 Å². The lowest BCUT2D eigenvalue weighted by atomic mass is 9.92. The molecular formula is C13H15F3N2O. The second kappa shape index (κ2) is 5.61. The number of piperidine rings is 1. The highest BCUT2D eigenvalue weighted by molar-refractivity contribution is 5.92. The predicted octanol–water partition coefficient (Wildman–Crippen LogP) is 2.43. The van der Waals surface area contributed by atoms with Gasteiger partial charge >= 0.3 is 0 Å². The maximum atomic E-state index is 13.4. The van der Waals surface area contributed by atoms with Crippen LogP contribution < -0.4 is 10.6 Å². The van der Waals surface area contributed by atoms with Crippen LogP contribution in [0.2, 0.25) is 0 Å². The van der Waals surface area contributed by atoms with Gasteiger partial charge < -0.3 is 10.6 Å². The van der Waals surface area contributed by atoms with Crippen molar-refractivity contribution in [2.45, 2.75) is 25.8 Å². The van der Waals surface area contributed by atoms with Crippen LogP contribution in [0, 0.1) is 23.4 Å². The van der Waals surface area contributed by atoms with E-state index in [1.54, 1.807) is 0 Å². The highest BCUT2D eigenvalue weighted by Gasteiger charge is 2.25. The van der Waals surface area contributed by atoms with E-state index < -0.39 is 17.5 Å². The van der Waals surface area contributed by atoms with Crippen molar-refractivity contribution >= 4 is 11.6 Å². The second-order valence-electron chi connectivity index (χ2n) is 4.81. The summed E-state index contributed by atoms with van der Waals surface area (Å²) < 4.78 is 39.2. The van der Waals surface area contributed by atoms with Crippen molar-refractivity contribution in [1.82, 2.24) is 5.32 Å². The van der Waals surface area contributed by atoms with Crippen molar-refractivity contribution in [2.75, 3.05) is 11.9 Å². The molecule has 1 aliphatic rings. The summed E-state index contributed by atoms with van der Waals surface area (Å²) in [6, 6.07) is 1.29. The van der Waals surface area contributed by atoms with E-state index in [1.807, 2.05) is 6.92 Å². The Bertz CT molecular complexity index is 493. The Labute approximate surface area is 109 Å². The van der Waals surface area contributed by atoms with Crippen LogP contribution in [-0.2, 0) is 4.79 Å². The van der Waals surface area contributed by atoms with Crippen LogP contribution >= 0.6 is 0 Å². The summed E-state index contributed by atoms with van der Waals surface area (Å²) >= 11 is 0. The molecule has 1 aromatic rings. The molecule has 104 valence electrons. The second-order valence-corrected chi connectivity index (χ2v) is 4.81. The maximum Gasteiger partial charge on any atom is 0.227 e. The number of hydrogen-bond donors (Lipinski definition) is 2. The number of anilines is 1. The zero-order valence-corrected chi connectivity index (χ0v) is 10.5. The average molecular weight is 272 g/mol. The Kier molecular flexibility index (Phi) is 4.09. The summed E-state index contributed by atoms with van der Waals surface area (Å²) in [4.78, 5) is 11.9. The van der Waals surface area contributed by atoms with Gasteiger partial charge in [0.15, 0.2) is 11.6 Å². The van der Waals surface area contributed by atoms with E-state index in [9.17, 15) is 18.0 Å². The van der Waals surface area contributed by atoms with Crippen LogP contribution in [0.25, 0.3) is 0 Å². The smallest absolute Gasteiger partial charge is 0.227 e. The first-order chi connectivity index (χ1) is 8.97. The standard InChI is InChI=1S/C13H15F3N2O/c1-7-4-8(2-3-17-7)13(19)18-12-6-10(15)9(14)5-11(12)16/h5-8,17H,2-4H2,1H3,(H,18,19)/t7-,8-/m0/s1. The van der Waals surface area contributed by atoms with E-state index in [1.165, 1.54) is 0 Å². The van der Waals surface area contributed by atoms with Gasteiger partial charge in [0, 0.05) is 24.1 Å². The average Bonchev–Trinajstić information content (AvgIpc) is 2.36. The van der Waals surface area contributed by atoms with Gasteiger partial charge in [-0.05, 0) is 26.3 Å². The van der Waals surface area contributed by atoms with Gasteiger partial charge in [-0.25, -0.2) is 13.2 Å². The number of rotatable bonds is 2. The van der Waals surface area contributed by atoms with E-state index >= 15 is 0 Å². The molecule has 0 radical (unpaired) electrons. The largest absolute Gasteiger partial charge is 0.323 e. The van der Waals surface area contributed by atoms with Gasteiger partial charge in [0.05, 0.1) is 5.69 Å². The van der Waals surface area contributed by atoms with Crippen LogP contribution in [-0.4, -0.2) is 18.5 Å². The molecule has 6 heteroatoms. The third-order valence-corrected chi connectivity index (χ3v) is 3.26. The van der Waals surface area contributed by atoms with Crippen molar-refractivity contribution in [3.05, 3.63) is 29.6 Å². The summed E-state index contributed by atoms with van der Waals surface area (Å²) in [5.74, 6) is -4.04. The normalized spacial score (nSPS) is 23.2. The molecule has 0 saturated carbocycles. The highest BCUT2D eigenvalue weighted by atomic mass is 19.2. The van der Waals surface area contributed by atoms with Gasteiger partial charge in [-0.1, -0.05) is 0 Å². The van der Waals surface area contributed by atoms with Crippen LogP contribution in [0.4, 0.5) is 18.9 Å². The maximum absolute atomic E-state index is 13.4. The Morgan fingerprint density at radius 1 is 1.26 bits per heavy atom. The summed E-state index contributed by atoms with van der Waals surface area (Å²) in [7, 11) is 0. The fourth-order valence-corrected chi connectivity index (χ4v) is 2.22. The third-order valence-electron chi connectivity index (χ3n) is 3.26. The number of carbonyl (C=O) groups is 1. The third kappa shape index (κ3) is 3.26. The van der Waals surface area contributed by atoms with Gasteiger partial charge in [-0.2, -0.15) is 0 Å². The topological polar surface area (TPSA) is 41.1 Å². The monoisotopic (exact) mass is 272 g/mol. The fraction of sp³-hybridized carbons (Fsp3) is 0.462. The first-order valence-corrected chi connectivity index (χ1v) is 6.16. The lowest BCUT2D eigenvalue weighted by molar-refractivity contribution is -0.120. The molecule has 1 aliphatic heterocycles. The Morgan fingerprint density at radius 3 is 2.63 bits per heavy atom.